The number of anilines is 1. The van der Waals surface area contributed by atoms with E-state index in [1.165, 1.54) is 6.07 Å². The SMILES string of the molecule is C=CC(=O)Nc1c(Br)cccc1C(=O)O. The number of para-hydroxylation sites is 1. The molecule has 2 N–H and O–H groups in total. The lowest BCUT2D eigenvalue weighted by Gasteiger charge is -2.08. The lowest BCUT2D eigenvalue weighted by Crippen LogP contribution is -2.12. The van der Waals surface area contributed by atoms with Crippen molar-refractivity contribution < 1.29 is 14.7 Å². The van der Waals surface area contributed by atoms with Gasteiger partial charge in [-0.1, -0.05) is 12.6 Å². The maximum atomic E-state index is 11.1. The van der Waals surface area contributed by atoms with E-state index in [1.807, 2.05) is 0 Å². The van der Waals surface area contributed by atoms with Gasteiger partial charge in [-0.3, -0.25) is 4.79 Å². The second-order valence-electron chi connectivity index (χ2n) is 2.66. The van der Waals surface area contributed by atoms with Crippen LogP contribution < -0.4 is 5.32 Å². The fourth-order valence-electron chi connectivity index (χ4n) is 1.00. The molecule has 0 aliphatic heterocycles. The molecule has 4 nitrogen and oxygen atoms in total. The molecule has 5 heteroatoms. The lowest BCUT2D eigenvalue weighted by atomic mass is 10.2. The Balaban J connectivity index is 3.18. The topological polar surface area (TPSA) is 66.4 Å². The minimum absolute atomic E-state index is 0.0274. The summed E-state index contributed by atoms with van der Waals surface area (Å²) >= 11 is 3.16. The van der Waals surface area contributed by atoms with E-state index < -0.39 is 11.9 Å². The van der Waals surface area contributed by atoms with Gasteiger partial charge in [-0.2, -0.15) is 0 Å². The summed E-state index contributed by atoms with van der Waals surface area (Å²) in [5, 5.41) is 11.3. The Labute approximate surface area is 94.7 Å². The van der Waals surface area contributed by atoms with Crippen LogP contribution in [0.5, 0.6) is 0 Å². The number of carboxylic acid groups (broad SMARTS) is 1. The summed E-state index contributed by atoms with van der Waals surface area (Å²) in [5.41, 5.74) is 0.259. The van der Waals surface area contributed by atoms with E-state index in [9.17, 15) is 9.59 Å². The third-order valence-corrected chi connectivity index (χ3v) is 2.34. The average Bonchev–Trinajstić information content (AvgIpc) is 2.20. The number of rotatable bonds is 3. The molecule has 1 aromatic rings. The van der Waals surface area contributed by atoms with Gasteiger partial charge in [0, 0.05) is 4.47 Å². The molecule has 0 saturated carbocycles. The molecule has 0 saturated heterocycles. The van der Waals surface area contributed by atoms with Gasteiger partial charge in [-0.15, -0.1) is 0 Å². The van der Waals surface area contributed by atoms with Crippen LogP contribution in [-0.2, 0) is 4.79 Å². The van der Waals surface area contributed by atoms with Crippen LogP contribution in [0.4, 0.5) is 5.69 Å². The van der Waals surface area contributed by atoms with Gasteiger partial charge in [-0.05, 0) is 34.1 Å². The van der Waals surface area contributed by atoms with Crippen LogP contribution in [0.2, 0.25) is 0 Å². The molecular weight excluding hydrogens is 262 g/mol. The van der Waals surface area contributed by atoms with E-state index in [0.29, 0.717) is 4.47 Å². The largest absolute Gasteiger partial charge is 0.478 e. The van der Waals surface area contributed by atoms with Crippen LogP contribution in [0.3, 0.4) is 0 Å². The van der Waals surface area contributed by atoms with Crippen LogP contribution >= 0.6 is 15.9 Å². The number of carboxylic acids is 1. The van der Waals surface area contributed by atoms with Crippen LogP contribution in [0, 0.1) is 0 Å². The Hall–Kier alpha value is -1.62. The number of halogens is 1. The van der Waals surface area contributed by atoms with Gasteiger partial charge in [0.2, 0.25) is 5.91 Å². The molecule has 0 bridgehead atoms. The van der Waals surface area contributed by atoms with E-state index in [-0.39, 0.29) is 11.3 Å². The van der Waals surface area contributed by atoms with Crippen LogP contribution in [-0.4, -0.2) is 17.0 Å². The molecule has 0 spiro atoms. The monoisotopic (exact) mass is 269 g/mol. The Morgan fingerprint density at radius 3 is 2.67 bits per heavy atom. The first-order chi connectivity index (χ1) is 7.06. The van der Waals surface area contributed by atoms with Gasteiger partial charge in [0.25, 0.3) is 0 Å². The van der Waals surface area contributed by atoms with Crippen molar-refractivity contribution in [2.45, 2.75) is 0 Å². The summed E-state index contributed by atoms with van der Waals surface area (Å²) in [6.07, 6.45) is 1.07. The Morgan fingerprint density at radius 2 is 2.13 bits per heavy atom. The first kappa shape index (κ1) is 11.5. The number of carbonyl (C=O) groups excluding carboxylic acids is 1. The number of amides is 1. The van der Waals surface area contributed by atoms with E-state index in [2.05, 4.69) is 27.8 Å². The van der Waals surface area contributed by atoms with E-state index in [4.69, 9.17) is 5.11 Å². The number of benzene rings is 1. The third kappa shape index (κ3) is 2.66. The van der Waals surface area contributed by atoms with E-state index >= 15 is 0 Å². The number of hydrogen-bond donors (Lipinski definition) is 2. The van der Waals surface area contributed by atoms with Gasteiger partial charge in [0.05, 0.1) is 11.3 Å². The Kier molecular flexibility index (Phi) is 3.62. The molecule has 0 unspecified atom stereocenters. The highest BCUT2D eigenvalue weighted by atomic mass is 79.9. The van der Waals surface area contributed by atoms with Crippen molar-refractivity contribution >= 4 is 33.5 Å². The van der Waals surface area contributed by atoms with Gasteiger partial charge < -0.3 is 10.4 Å². The summed E-state index contributed by atoms with van der Waals surface area (Å²) < 4.78 is 0.512. The number of aromatic carboxylic acids is 1. The third-order valence-electron chi connectivity index (χ3n) is 1.68. The first-order valence-electron chi connectivity index (χ1n) is 4.01. The van der Waals surface area contributed by atoms with E-state index in [1.54, 1.807) is 12.1 Å². The number of hydrogen-bond acceptors (Lipinski definition) is 2. The second-order valence-corrected chi connectivity index (χ2v) is 3.52. The molecule has 0 atom stereocenters. The van der Waals surface area contributed by atoms with Gasteiger partial charge in [0.1, 0.15) is 0 Å². The van der Waals surface area contributed by atoms with E-state index in [0.717, 1.165) is 6.08 Å². The minimum Gasteiger partial charge on any atom is -0.478 e. The molecule has 78 valence electrons. The summed E-state index contributed by atoms with van der Waals surface area (Å²) in [6.45, 7) is 3.29. The second kappa shape index (κ2) is 4.75. The highest BCUT2D eigenvalue weighted by molar-refractivity contribution is 9.10. The standard InChI is InChI=1S/C10H8BrNO3/c1-2-8(13)12-9-6(10(14)15)4-3-5-7(9)11/h2-5H,1H2,(H,12,13)(H,14,15). The molecule has 0 fully saturated rings. The summed E-state index contributed by atoms with van der Waals surface area (Å²) in [7, 11) is 0. The van der Waals surface area contributed by atoms with Gasteiger partial charge in [0.15, 0.2) is 0 Å². The summed E-state index contributed by atoms with van der Waals surface area (Å²) in [4.78, 5) is 21.9. The smallest absolute Gasteiger partial charge is 0.337 e. The predicted molar refractivity (Wildman–Crippen MR) is 59.9 cm³/mol. The zero-order valence-corrected chi connectivity index (χ0v) is 9.24. The molecule has 15 heavy (non-hydrogen) atoms. The molecule has 0 heterocycles. The minimum atomic E-state index is -1.10. The quantitative estimate of drug-likeness (QED) is 0.828. The molecule has 0 aliphatic rings. The highest BCUT2D eigenvalue weighted by Gasteiger charge is 2.13. The van der Waals surface area contributed by atoms with Crippen molar-refractivity contribution in [3.63, 3.8) is 0 Å². The normalized spacial score (nSPS) is 9.40. The maximum absolute atomic E-state index is 11.1. The molecule has 0 aromatic heterocycles. The lowest BCUT2D eigenvalue weighted by molar-refractivity contribution is -0.111. The molecule has 1 aromatic carbocycles. The average molecular weight is 270 g/mol. The molecule has 0 aliphatic carbocycles. The Morgan fingerprint density at radius 1 is 1.47 bits per heavy atom. The fraction of sp³-hybridized carbons (Fsp3) is 0. The van der Waals surface area contributed by atoms with Crippen molar-refractivity contribution in [2.24, 2.45) is 0 Å². The molecular formula is C10H8BrNO3. The maximum Gasteiger partial charge on any atom is 0.337 e. The summed E-state index contributed by atoms with van der Waals surface area (Å²) in [6, 6.07) is 4.63. The zero-order valence-electron chi connectivity index (χ0n) is 7.66. The molecule has 1 amide bonds. The predicted octanol–water partition coefficient (Wildman–Crippen LogP) is 2.27. The van der Waals surface area contributed by atoms with Crippen LogP contribution in [0.25, 0.3) is 0 Å². The van der Waals surface area contributed by atoms with Crippen molar-refractivity contribution in [3.05, 3.63) is 40.9 Å². The van der Waals surface area contributed by atoms with Crippen LogP contribution in [0.1, 0.15) is 10.4 Å². The molecule has 0 radical (unpaired) electrons. The van der Waals surface area contributed by atoms with Gasteiger partial charge in [-0.25, -0.2) is 4.79 Å². The van der Waals surface area contributed by atoms with Crippen molar-refractivity contribution in [3.8, 4) is 0 Å². The van der Waals surface area contributed by atoms with Crippen molar-refractivity contribution in [2.75, 3.05) is 5.32 Å². The first-order valence-corrected chi connectivity index (χ1v) is 4.80. The van der Waals surface area contributed by atoms with Gasteiger partial charge >= 0.3 is 5.97 Å². The molecule has 1 rings (SSSR count). The fourth-order valence-corrected chi connectivity index (χ4v) is 1.47. The number of nitrogens with one attached hydrogen (secondary N) is 1. The Bertz CT molecular complexity index is 429. The van der Waals surface area contributed by atoms with Crippen molar-refractivity contribution in [1.82, 2.24) is 0 Å². The zero-order chi connectivity index (χ0) is 11.4. The van der Waals surface area contributed by atoms with Crippen molar-refractivity contribution in [1.29, 1.82) is 0 Å². The number of carbonyl (C=O) groups is 2. The summed E-state index contributed by atoms with van der Waals surface area (Å²) in [5.74, 6) is -1.56. The highest BCUT2D eigenvalue weighted by Crippen LogP contribution is 2.26. The van der Waals surface area contributed by atoms with Crippen LogP contribution in [0.15, 0.2) is 35.3 Å².